The van der Waals surface area contributed by atoms with Gasteiger partial charge in [-0.15, -0.1) is 0 Å². The Morgan fingerprint density at radius 2 is 1.91 bits per heavy atom. The minimum atomic E-state index is 0.0689. The Labute approximate surface area is 129 Å². The maximum atomic E-state index is 12.2. The fourth-order valence-electron chi connectivity index (χ4n) is 2.28. The van der Waals surface area contributed by atoms with Crippen molar-refractivity contribution in [2.75, 3.05) is 30.6 Å². The number of nitrogens with zero attached hydrogens (tertiary/aromatic N) is 1. The molecule has 2 aromatic rings. The van der Waals surface area contributed by atoms with Gasteiger partial charge in [-0.05, 0) is 24.3 Å². The molecule has 1 N–H and O–H groups in total. The average Bonchev–Trinajstić information content (AvgIpc) is 3.02. The number of rotatable bonds is 5. The molecule has 0 spiro atoms. The van der Waals surface area contributed by atoms with Crippen molar-refractivity contribution in [2.24, 2.45) is 0 Å². The summed E-state index contributed by atoms with van der Waals surface area (Å²) in [5.41, 5.74) is 1.81. The van der Waals surface area contributed by atoms with Crippen molar-refractivity contribution in [1.29, 1.82) is 0 Å². The summed E-state index contributed by atoms with van der Waals surface area (Å²) < 4.78 is 10.6. The normalized spacial score (nSPS) is 12.0. The molecule has 1 aliphatic heterocycles. The molecule has 1 aliphatic rings. The number of anilines is 2. The molecule has 0 aromatic heterocycles. The molecule has 0 saturated carbocycles. The largest absolute Gasteiger partial charge is 0.454 e. The molecule has 22 heavy (non-hydrogen) atoms. The topological polar surface area (TPSA) is 50.8 Å². The minimum Gasteiger partial charge on any atom is -0.454 e. The van der Waals surface area contributed by atoms with E-state index in [0.717, 1.165) is 22.9 Å². The van der Waals surface area contributed by atoms with Gasteiger partial charge in [0.15, 0.2) is 11.5 Å². The number of ether oxygens (including phenoxy) is 2. The molecule has 5 nitrogen and oxygen atoms in total. The van der Waals surface area contributed by atoms with Crippen molar-refractivity contribution < 1.29 is 14.3 Å². The Morgan fingerprint density at radius 1 is 1.14 bits per heavy atom. The lowest BCUT2D eigenvalue weighted by molar-refractivity contribution is -0.118. The summed E-state index contributed by atoms with van der Waals surface area (Å²) in [4.78, 5) is 13.8. The quantitative estimate of drug-likeness (QED) is 0.922. The van der Waals surface area contributed by atoms with E-state index in [-0.39, 0.29) is 12.7 Å². The van der Waals surface area contributed by atoms with E-state index >= 15 is 0 Å². The van der Waals surface area contributed by atoms with Crippen LogP contribution in [-0.4, -0.2) is 26.3 Å². The van der Waals surface area contributed by atoms with E-state index in [1.165, 1.54) is 0 Å². The highest BCUT2D eigenvalue weighted by molar-refractivity contribution is 5.93. The molecule has 0 saturated heterocycles. The van der Waals surface area contributed by atoms with Gasteiger partial charge in [0, 0.05) is 37.5 Å². The number of benzene rings is 2. The van der Waals surface area contributed by atoms with Crippen molar-refractivity contribution in [3.8, 4) is 11.5 Å². The highest BCUT2D eigenvalue weighted by Crippen LogP contribution is 2.34. The molecule has 114 valence electrons. The number of carbonyl (C=O) groups excluding carboxylic acids is 1. The first kappa shape index (κ1) is 14.3. The van der Waals surface area contributed by atoms with Crippen LogP contribution < -0.4 is 19.7 Å². The van der Waals surface area contributed by atoms with Gasteiger partial charge >= 0.3 is 0 Å². The number of hydrogen-bond acceptors (Lipinski definition) is 4. The summed E-state index contributed by atoms with van der Waals surface area (Å²) in [6.07, 6.45) is 0.417. The van der Waals surface area contributed by atoms with Crippen molar-refractivity contribution in [3.05, 3.63) is 48.5 Å². The second-order valence-corrected chi connectivity index (χ2v) is 5.03. The SMILES string of the molecule is CN(C(=O)CCNc1ccc2c(c1)OCO2)c1ccccc1. The van der Waals surface area contributed by atoms with Gasteiger partial charge in [0.2, 0.25) is 12.7 Å². The van der Waals surface area contributed by atoms with E-state index in [1.807, 2.05) is 48.5 Å². The highest BCUT2D eigenvalue weighted by atomic mass is 16.7. The van der Waals surface area contributed by atoms with Crippen molar-refractivity contribution in [1.82, 2.24) is 0 Å². The van der Waals surface area contributed by atoms with Crippen LogP contribution in [0, 0.1) is 0 Å². The van der Waals surface area contributed by atoms with Crippen LogP contribution in [0.1, 0.15) is 6.42 Å². The molecular formula is C17H18N2O3. The van der Waals surface area contributed by atoms with E-state index < -0.39 is 0 Å². The van der Waals surface area contributed by atoms with Crippen LogP contribution in [0.15, 0.2) is 48.5 Å². The fraction of sp³-hybridized carbons (Fsp3) is 0.235. The predicted molar refractivity (Wildman–Crippen MR) is 85.5 cm³/mol. The van der Waals surface area contributed by atoms with Crippen LogP contribution in [0.4, 0.5) is 11.4 Å². The molecular weight excluding hydrogens is 280 g/mol. The fourth-order valence-corrected chi connectivity index (χ4v) is 2.28. The lowest BCUT2D eigenvalue weighted by atomic mass is 10.2. The zero-order chi connectivity index (χ0) is 15.4. The standard InChI is InChI=1S/C17H18N2O3/c1-19(14-5-3-2-4-6-14)17(20)9-10-18-13-7-8-15-16(11-13)22-12-21-15/h2-8,11,18H,9-10,12H2,1H3. The highest BCUT2D eigenvalue weighted by Gasteiger charge is 2.14. The number of nitrogens with one attached hydrogen (secondary N) is 1. The third-order valence-corrected chi connectivity index (χ3v) is 3.56. The van der Waals surface area contributed by atoms with Crippen LogP contribution in [0.3, 0.4) is 0 Å². The Morgan fingerprint density at radius 3 is 2.73 bits per heavy atom. The maximum absolute atomic E-state index is 12.2. The predicted octanol–water partition coefficient (Wildman–Crippen LogP) is 2.88. The molecule has 0 atom stereocenters. The summed E-state index contributed by atoms with van der Waals surface area (Å²) in [6, 6.07) is 15.3. The summed E-state index contributed by atoms with van der Waals surface area (Å²) in [6.45, 7) is 0.828. The Balaban J connectivity index is 1.51. The minimum absolute atomic E-state index is 0.0689. The Hall–Kier alpha value is -2.69. The number of amides is 1. The Bertz CT molecular complexity index is 658. The number of hydrogen-bond donors (Lipinski definition) is 1. The Kier molecular flexibility index (Phi) is 4.14. The van der Waals surface area contributed by atoms with Crippen molar-refractivity contribution >= 4 is 17.3 Å². The summed E-state index contributed by atoms with van der Waals surface area (Å²) in [7, 11) is 1.79. The van der Waals surface area contributed by atoms with Gasteiger partial charge in [-0.1, -0.05) is 18.2 Å². The number of para-hydroxylation sites is 1. The molecule has 0 radical (unpaired) electrons. The third kappa shape index (κ3) is 3.14. The number of fused-ring (bicyclic) bond motifs is 1. The second-order valence-electron chi connectivity index (χ2n) is 5.03. The van der Waals surface area contributed by atoms with Crippen LogP contribution in [0.5, 0.6) is 11.5 Å². The van der Waals surface area contributed by atoms with Crippen LogP contribution in [0.2, 0.25) is 0 Å². The van der Waals surface area contributed by atoms with Crippen LogP contribution in [-0.2, 0) is 4.79 Å². The molecule has 0 unspecified atom stereocenters. The van der Waals surface area contributed by atoms with E-state index in [1.54, 1.807) is 11.9 Å². The van der Waals surface area contributed by atoms with Gasteiger partial charge in [-0.2, -0.15) is 0 Å². The molecule has 0 aliphatic carbocycles. The monoisotopic (exact) mass is 298 g/mol. The zero-order valence-corrected chi connectivity index (χ0v) is 12.4. The van der Waals surface area contributed by atoms with Gasteiger partial charge in [0.25, 0.3) is 0 Å². The summed E-state index contributed by atoms with van der Waals surface area (Å²) >= 11 is 0. The van der Waals surface area contributed by atoms with Gasteiger partial charge in [-0.25, -0.2) is 0 Å². The molecule has 2 aromatic carbocycles. The molecule has 1 amide bonds. The van der Waals surface area contributed by atoms with Crippen molar-refractivity contribution in [2.45, 2.75) is 6.42 Å². The lowest BCUT2D eigenvalue weighted by Gasteiger charge is -2.17. The molecule has 1 heterocycles. The molecule has 5 heteroatoms. The van der Waals surface area contributed by atoms with E-state index in [9.17, 15) is 4.79 Å². The van der Waals surface area contributed by atoms with E-state index in [0.29, 0.717) is 13.0 Å². The maximum Gasteiger partial charge on any atom is 0.231 e. The van der Waals surface area contributed by atoms with Crippen LogP contribution >= 0.6 is 0 Å². The first-order valence-corrected chi connectivity index (χ1v) is 7.19. The smallest absolute Gasteiger partial charge is 0.231 e. The van der Waals surface area contributed by atoms with Crippen LogP contribution in [0.25, 0.3) is 0 Å². The van der Waals surface area contributed by atoms with Gasteiger partial charge < -0.3 is 19.7 Å². The van der Waals surface area contributed by atoms with E-state index in [4.69, 9.17) is 9.47 Å². The lowest BCUT2D eigenvalue weighted by Crippen LogP contribution is -2.27. The van der Waals surface area contributed by atoms with Crippen molar-refractivity contribution in [3.63, 3.8) is 0 Å². The number of carbonyl (C=O) groups is 1. The molecule has 3 rings (SSSR count). The molecule has 0 bridgehead atoms. The first-order chi connectivity index (χ1) is 10.7. The third-order valence-electron chi connectivity index (χ3n) is 3.56. The van der Waals surface area contributed by atoms with Gasteiger partial charge in [0.05, 0.1) is 0 Å². The van der Waals surface area contributed by atoms with E-state index in [2.05, 4.69) is 5.32 Å². The molecule has 0 fully saturated rings. The first-order valence-electron chi connectivity index (χ1n) is 7.19. The average molecular weight is 298 g/mol. The van der Waals surface area contributed by atoms with Gasteiger partial charge in [0.1, 0.15) is 0 Å². The second kappa shape index (κ2) is 6.39. The summed E-state index contributed by atoms with van der Waals surface area (Å²) in [5, 5.41) is 3.23. The van der Waals surface area contributed by atoms with Gasteiger partial charge in [-0.3, -0.25) is 4.79 Å². The zero-order valence-electron chi connectivity index (χ0n) is 12.4. The summed E-state index contributed by atoms with van der Waals surface area (Å²) in [5.74, 6) is 1.56.